The number of morpholine rings is 1. The Morgan fingerprint density at radius 1 is 0.902 bits per heavy atom. The Balaban J connectivity index is 1.69. The van der Waals surface area contributed by atoms with Crippen molar-refractivity contribution in [2.75, 3.05) is 33.8 Å². The molecule has 11 heteroatoms. The number of aromatic amines is 1. The van der Waals surface area contributed by atoms with Crippen LogP contribution in [0.5, 0.6) is 0 Å². The number of ether oxygens (including phenoxy) is 1. The summed E-state index contributed by atoms with van der Waals surface area (Å²) >= 11 is 6.20. The van der Waals surface area contributed by atoms with Crippen molar-refractivity contribution in [3.05, 3.63) is 141 Å². The second-order valence-electron chi connectivity index (χ2n) is 10.0. The van der Waals surface area contributed by atoms with Crippen molar-refractivity contribution in [3.63, 3.8) is 0 Å². The van der Waals surface area contributed by atoms with E-state index in [9.17, 15) is 14.2 Å². The molecule has 3 atom stereocenters. The zero-order valence-corrected chi connectivity index (χ0v) is 24.4. The molecule has 1 saturated heterocycles. The number of aromatic nitrogens is 2. The Morgan fingerprint density at radius 3 is 1.88 bits per heavy atom. The Kier molecular flexibility index (Phi) is 8.75. The molecule has 0 saturated carbocycles. The molecule has 9 nitrogen and oxygen atoms in total. The first-order chi connectivity index (χ1) is 19.7. The second-order valence-corrected chi connectivity index (χ2v) is 13.3. The van der Waals surface area contributed by atoms with Gasteiger partial charge in [-0.25, -0.2) is 9.46 Å². The number of hydrogen-bond donors (Lipinski definition) is 1. The summed E-state index contributed by atoms with van der Waals surface area (Å²) in [4.78, 5) is 29.4. The smallest absolute Gasteiger partial charge is 0.350 e. The molecular formula is C30H32ClN4O5P. The molecule has 0 spiro atoms. The Labute approximate surface area is 243 Å². The highest BCUT2D eigenvalue weighted by molar-refractivity contribution is 7.83. The van der Waals surface area contributed by atoms with Crippen LogP contribution in [-0.2, 0) is 19.4 Å². The molecule has 0 amide bonds. The van der Waals surface area contributed by atoms with Gasteiger partial charge in [-0.15, -0.1) is 0 Å². The van der Waals surface area contributed by atoms with Gasteiger partial charge in [0.15, 0.2) is 6.23 Å². The monoisotopic (exact) mass is 594 g/mol. The normalized spacial score (nSPS) is 19.6. The van der Waals surface area contributed by atoms with Crippen LogP contribution in [0.3, 0.4) is 0 Å². The van der Waals surface area contributed by atoms with E-state index >= 15 is 0 Å². The maximum absolute atomic E-state index is 12.9. The van der Waals surface area contributed by atoms with Crippen molar-refractivity contribution in [1.82, 2.24) is 19.1 Å². The van der Waals surface area contributed by atoms with Gasteiger partial charge in [-0.05, 0) is 42.0 Å². The number of nitrogens with zero attached hydrogens (tertiary/aromatic N) is 3. The van der Waals surface area contributed by atoms with Crippen molar-refractivity contribution in [2.24, 2.45) is 0 Å². The van der Waals surface area contributed by atoms with Crippen LogP contribution in [-0.4, -0.2) is 59.0 Å². The highest BCUT2D eigenvalue weighted by Gasteiger charge is 2.46. The lowest BCUT2D eigenvalue weighted by molar-refractivity contribution is -0.148. The quantitative estimate of drug-likeness (QED) is 0.222. The van der Waals surface area contributed by atoms with Crippen LogP contribution in [0, 0.1) is 0 Å². The van der Waals surface area contributed by atoms with Crippen molar-refractivity contribution in [3.8, 4) is 0 Å². The third-order valence-corrected chi connectivity index (χ3v) is 9.88. The molecule has 1 N–H and O–H groups in total. The van der Waals surface area contributed by atoms with Crippen molar-refractivity contribution in [1.29, 1.82) is 0 Å². The molecule has 3 aromatic carbocycles. The van der Waals surface area contributed by atoms with Crippen LogP contribution in [0.4, 0.5) is 0 Å². The zero-order chi connectivity index (χ0) is 29.0. The Hall–Kier alpha value is -3.30. The third-order valence-electron chi connectivity index (χ3n) is 7.26. The minimum Gasteiger partial charge on any atom is -0.350 e. The average Bonchev–Trinajstić information content (AvgIpc) is 2.98. The standard InChI is InChI=1S/C30H32ClN4O5P/c1-33(2)41(31,38)39-22-26-20-34(21-28(40-26)35-19-18-27(36)32-29(35)37)30(23-12-6-3-7-13-23,24-14-8-4-9-15-24)25-16-10-5-11-17-25/h3-19,26,28H,20-22H2,1-2H3,(H,32,36,37)/t26-,28?,41+/m0/s1. The Bertz CT molecular complexity index is 1520. The summed E-state index contributed by atoms with van der Waals surface area (Å²) in [7, 11) is 3.16. The second kappa shape index (κ2) is 12.3. The van der Waals surface area contributed by atoms with Gasteiger partial charge in [0.1, 0.15) is 0 Å². The number of benzene rings is 3. The lowest BCUT2D eigenvalue weighted by Gasteiger charge is -2.50. The average molecular weight is 595 g/mol. The number of hydrogen-bond acceptors (Lipinski definition) is 6. The molecule has 214 valence electrons. The van der Waals surface area contributed by atoms with Crippen molar-refractivity contribution >= 4 is 18.1 Å². The van der Waals surface area contributed by atoms with E-state index < -0.39 is 36.0 Å². The molecule has 0 bridgehead atoms. The summed E-state index contributed by atoms with van der Waals surface area (Å²) < 4.78 is 27.6. The summed E-state index contributed by atoms with van der Waals surface area (Å²) in [6.07, 6.45) is -0.00392. The van der Waals surface area contributed by atoms with Crippen molar-refractivity contribution in [2.45, 2.75) is 17.9 Å². The maximum Gasteiger partial charge on any atom is 0.362 e. The molecular weight excluding hydrogens is 563 g/mol. The van der Waals surface area contributed by atoms with E-state index in [0.29, 0.717) is 6.54 Å². The topological polar surface area (TPSA) is 96.9 Å². The van der Waals surface area contributed by atoms with Gasteiger partial charge in [0.2, 0.25) is 0 Å². The van der Waals surface area contributed by atoms with Gasteiger partial charge in [0.25, 0.3) is 5.56 Å². The summed E-state index contributed by atoms with van der Waals surface area (Å²) in [5.41, 5.74) is 1.15. The highest BCUT2D eigenvalue weighted by atomic mass is 35.7. The molecule has 0 aliphatic carbocycles. The number of nitrogens with one attached hydrogen (secondary N) is 1. The largest absolute Gasteiger partial charge is 0.362 e. The van der Waals surface area contributed by atoms with E-state index in [1.807, 2.05) is 54.6 Å². The van der Waals surface area contributed by atoms with E-state index in [2.05, 4.69) is 46.3 Å². The summed E-state index contributed by atoms with van der Waals surface area (Å²) in [5, 5.41) is 0. The lowest BCUT2D eigenvalue weighted by Crippen LogP contribution is -2.58. The lowest BCUT2D eigenvalue weighted by atomic mass is 9.75. The molecule has 1 fully saturated rings. The van der Waals surface area contributed by atoms with E-state index in [1.165, 1.54) is 21.5 Å². The minimum atomic E-state index is -3.58. The maximum atomic E-state index is 12.9. The van der Waals surface area contributed by atoms with E-state index in [1.54, 1.807) is 14.1 Å². The molecule has 1 unspecified atom stereocenters. The SMILES string of the molecule is CN(C)[P@@](=O)(Cl)OC[C@@H]1CN(C(c2ccccc2)(c2ccccc2)c2ccccc2)CC(n2ccc(=O)[nH]c2=O)O1. The molecule has 2 heterocycles. The van der Waals surface area contributed by atoms with Gasteiger partial charge in [-0.1, -0.05) is 91.0 Å². The van der Waals surface area contributed by atoms with Crippen LogP contribution in [0.1, 0.15) is 22.9 Å². The molecule has 1 aliphatic rings. The molecule has 0 radical (unpaired) electrons. The van der Waals surface area contributed by atoms with E-state index in [4.69, 9.17) is 20.5 Å². The molecule has 1 aliphatic heterocycles. The van der Waals surface area contributed by atoms with E-state index in [0.717, 1.165) is 16.7 Å². The molecule has 41 heavy (non-hydrogen) atoms. The fourth-order valence-corrected chi connectivity index (χ4v) is 6.12. The van der Waals surface area contributed by atoms with Gasteiger partial charge < -0.3 is 9.26 Å². The van der Waals surface area contributed by atoms with Crippen LogP contribution < -0.4 is 11.2 Å². The van der Waals surface area contributed by atoms with E-state index in [-0.39, 0.29) is 13.2 Å². The first-order valence-corrected chi connectivity index (χ1v) is 15.7. The number of halogens is 1. The van der Waals surface area contributed by atoms with Crippen LogP contribution in [0.15, 0.2) is 113 Å². The van der Waals surface area contributed by atoms with Gasteiger partial charge in [-0.3, -0.25) is 23.8 Å². The summed E-state index contributed by atoms with van der Waals surface area (Å²) in [5.74, 6) is 0. The number of rotatable bonds is 9. The predicted molar refractivity (Wildman–Crippen MR) is 159 cm³/mol. The first kappa shape index (κ1) is 29.2. The van der Waals surface area contributed by atoms with Gasteiger partial charge >= 0.3 is 12.6 Å². The van der Waals surface area contributed by atoms with Crippen LogP contribution in [0.25, 0.3) is 0 Å². The van der Waals surface area contributed by atoms with Gasteiger partial charge in [0, 0.05) is 25.4 Å². The first-order valence-electron chi connectivity index (χ1n) is 13.2. The summed E-state index contributed by atoms with van der Waals surface area (Å²) in [6.45, 7) is -3.02. The van der Waals surface area contributed by atoms with Gasteiger partial charge in [-0.2, -0.15) is 0 Å². The van der Waals surface area contributed by atoms with Crippen molar-refractivity contribution < 1.29 is 13.8 Å². The summed E-state index contributed by atoms with van der Waals surface area (Å²) in [6, 6.07) is 31.7. The molecule has 5 rings (SSSR count). The fourth-order valence-electron chi connectivity index (χ4n) is 5.37. The van der Waals surface area contributed by atoms with Crippen LogP contribution >= 0.6 is 18.1 Å². The van der Waals surface area contributed by atoms with Crippen LogP contribution in [0.2, 0.25) is 0 Å². The van der Waals surface area contributed by atoms with Gasteiger partial charge in [0.05, 0.1) is 18.2 Å². The zero-order valence-electron chi connectivity index (χ0n) is 22.8. The Morgan fingerprint density at radius 2 is 1.41 bits per heavy atom. The minimum absolute atomic E-state index is 0.0848. The predicted octanol–water partition coefficient (Wildman–Crippen LogP) is 4.65. The molecule has 1 aromatic heterocycles. The fraction of sp³-hybridized carbons (Fsp3) is 0.267. The number of H-pyrrole nitrogens is 1. The highest BCUT2D eigenvalue weighted by Crippen LogP contribution is 2.54. The third kappa shape index (κ3) is 6.02. The molecule has 4 aromatic rings.